The van der Waals surface area contributed by atoms with Crippen LogP contribution in [0.25, 0.3) is 0 Å². The largest absolute Gasteiger partial charge is 0.479 e. The van der Waals surface area contributed by atoms with E-state index in [-0.39, 0.29) is 12.8 Å². The molecule has 0 fully saturated rings. The van der Waals surface area contributed by atoms with E-state index in [0.29, 0.717) is 12.8 Å². The molecule has 0 aliphatic carbocycles. The first-order valence-electron chi connectivity index (χ1n) is 6.07. The monoisotopic (exact) mass is 280 g/mol. The average Bonchev–Trinajstić information content (AvgIpc) is 2.41. The summed E-state index contributed by atoms with van der Waals surface area (Å²) >= 11 is 0. The van der Waals surface area contributed by atoms with Gasteiger partial charge in [-0.25, -0.2) is 9.59 Å². The van der Waals surface area contributed by atoms with Crippen LogP contribution in [-0.2, 0) is 9.59 Å². The zero-order valence-electron chi connectivity index (χ0n) is 11.3. The molecule has 0 bridgehead atoms. The van der Waals surface area contributed by atoms with Gasteiger partial charge in [-0.05, 0) is 12.8 Å². The van der Waals surface area contributed by atoms with Crippen LogP contribution >= 0.6 is 0 Å². The first-order chi connectivity index (χ1) is 9.34. The molecule has 20 heavy (non-hydrogen) atoms. The number of azo groups is 1. The van der Waals surface area contributed by atoms with Crippen LogP contribution in [-0.4, -0.2) is 33.2 Å². The summed E-state index contributed by atoms with van der Waals surface area (Å²) in [6, 6.07) is 3.06. The van der Waals surface area contributed by atoms with Crippen molar-refractivity contribution < 1.29 is 19.8 Å². The summed E-state index contributed by atoms with van der Waals surface area (Å²) in [7, 11) is 0. The average molecular weight is 280 g/mol. The number of nitrogens with zero attached hydrogens (tertiary/aromatic N) is 4. The molecular formula is C12H16N4O4. The highest BCUT2D eigenvalue weighted by Gasteiger charge is 2.43. The predicted octanol–water partition coefficient (Wildman–Crippen LogP) is 1.73. The maximum absolute atomic E-state index is 11.2. The summed E-state index contributed by atoms with van der Waals surface area (Å²) < 4.78 is 0. The molecule has 2 unspecified atom stereocenters. The predicted molar refractivity (Wildman–Crippen MR) is 66.6 cm³/mol. The molecule has 0 aromatic rings. The minimum Gasteiger partial charge on any atom is -0.479 e. The Morgan fingerprint density at radius 3 is 1.40 bits per heavy atom. The van der Waals surface area contributed by atoms with Crippen molar-refractivity contribution in [3.63, 3.8) is 0 Å². The zero-order valence-corrected chi connectivity index (χ0v) is 11.3. The number of carboxylic acids is 2. The summed E-state index contributed by atoms with van der Waals surface area (Å²) in [5.74, 6) is -3.03. The van der Waals surface area contributed by atoms with Crippen molar-refractivity contribution in [3.8, 4) is 12.1 Å². The fourth-order valence-electron chi connectivity index (χ4n) is 1.55. The number of nitriles is 2. The summed E-state index contributed by atoms with van der Waals surface area (Å²) in [4.78, 5) is 22.3. The van der Waals surface area contributed by atoms with Gasteiger partial charge in [-0.2, -0.15) is 20.8 Å². The third kappa shape index (κ3) is 3.51. The summed E-state index contributed by atoms with van der Waals surface area (Å²) in [5.41, 5.74) is -4.31. The highest BCUT2D eigenvalue weighted by Crippen LogP contribution is 2.24. The van der Waals surface area contributed by atoms with E-state index in [1.54, 1.807) is 13.8 Å². The van der Waals surface area contributed by atoms with E-state index >= 15 is 0 Å². The van der Waals surface area contributed by atoms with Gasteiger partial charge in [0.05, 0.1) is 0 Å². The molecule has 0 aromatic carbocycles. The Labute approximate surface area is 116 Å². The molecule has 0 saturated heterocycles. The topological polar surface area (TPSA) is 147 Å². The maximum Gasteiger partial charge on any atom is 0.348 e. The highest BCUT2D eigenvalue weighted by molar-refractivity contribution is 5.84. The van der Waals surface area contributed by atoms with Crippen molar-refractivity contribution in [3.05, 3.63) is 0 Å². The summed E-state index contributed by atoms with van der Waals surface area (Å²) in [6.07, 6.45) is 0.462. The highest BCUT2D eigenvalue weighted by atomic mass is 16.4. The number of hydrogen-bond acceptors (Lipinski definition) is 6. The second-order valence-corrected chi connectivity index (χ2v) is 4.25. The molecule has 8 nitrogen and oxygen atoms in total. The van der Waals surface area contributed by atoms with Crippen molar-refractivity contribution in [2.45, 2.75) is 50.6 Å². The van der Waals surface area contributed by atoms with Crippen LogP contribution in [0.15, 0.2) is 10.2 Å². The second-order valence-electron chi connectivity index (χ2n) is 4.25. The Hall–Kier alpha value is -2.48. The van der Waals surface area contributed by atoms with Crippen LogP contribution in [0.3, 0.4) is 0 Å². The molecule has 0 saturated carbocycles. The Balaban J connectivity index is 5.71. The normalized spacial score (nSPS) is 16.6. The van der Waals surface area contributed by atoms with E-state index in [0.717, 1.165) is 0 Å². The van der Waals surface area contributed by atoms with Crippen LogP contribution in [0.1, 0.15) is 39.5 Å². The second kappa shape index (κ2) is 7.19. The molecule has 0 heterocycles. The lowest BCUT2D eigenvalue weighted by Crippen LogP contribution is -2.38. The number of rotatable bonds is 8. The van der Waals surface area contributed by atoms with Crippen LogP contribution < -0.4 is 0 Å². The first kappa shape index (κ1) is 17.5. The molecule has 2 atom stereocenters. The van der Waals surface area contributed by atoms with Crippen LogP contribution in [0.2, 0.25) is 0 Å². The van der Waals surface area contributed by atoms with Gasteiger partial charge in [-0.1, -0.05) is 26.7 Å². The molecule has 0 aromatic heterocycles. The SMILES string of the molecule is CCCC(C#N)(/N=N/C(C#N)(CCC)C(=O)O)C(=O)O. The zero-order chi connectivity index (χ0) is 15.8. The van der Waals surface area contributed by atoms with Crippen molar-refractivity contribution >= 4 is 11.9 Å². The fraction of sp³-hybridized carbons (Fsp3) is 0.667. The molecule has 0 aliphatic rings. The van der Waals surface area contributed by atoms with E-state index in [9.17, 15) is 9.59 Å². The first-order valence-corrected chi connectivity index (χ1v) is 6.07. The van der Waals surface area contributed by atoms with E-state index in [4.69, 9.17) is 20.7 Å². The summed E-state index contributed by atoms with van der Waals surface area (Å²) in [6.45, 7) is 3.32. The molecule has 108 valence electrons. The number of carbonyl (C=O) groups is 2. The van der Waals surface area contributed by atoms with Crippen LogP contribution in [0.5, 0.6) is 0 Å². The number of hydrogen-bond donors (Lipinski definition) is 2. The van der Waals surface area contributed by atoms with Gasteiger partial charge < -0.3 is 10.2 Å². The Kier molecular flexibility index (Phi) is 6.30. The third-order valence-electron chi connectivity index (χ3n) is 2.69. The van der Waals surface area contributed by atoms with Gasteiger partial charge in [0, 0.05) is 0 Å². The maximum atomic E-state index is 11.2. The molecule has 0 aliphatic heterocycles. The molecular weight excluding hydrogens is 264 g/mol. The number of carboxylic acid groups (broad SMARTS) is 2. The van der Waals surface area contributed by atoms with E-state index < -0.39 is 23.0 Å². The molecule has 0 rings (SSSR count). The van der Waals surface area contributed by atoms with Crippen molar-refractivity contribution in [2.75, 3.05) is 0 Å². The van der Waals surface area contributed by atoms with E-state index in [2.05, 4.69) is 10.2 Å². The fourth-order valence-corrected chi connectivity index (χ4v) is 1.55. The van der Waals surface area contributed by atoms with Gasteiger partial charge in [0.1, 0.15) is 12.1 Å². The van der Waals surface area contributed by atoms with Gasteiger partial charge in [0.15, 0.2) is 0 Å². The Bertz CT molecular complexity index is 447. The molecule has 0 spiro atoms. The Morgan fingerprint density at radius 1 is 0.950 bits per heavy atom. The van der Waals surface area contributed by atoms with Gasteiger partial charge in [0.2, 0.25) is 0 Å². The summed E-state index contributed by atoms with van der Waals surface area (Å²) in [5, 5.41) is 43.0. The molecule has 0 radical (unpaired) electrons. The smallest absolute Gasteiger partial charge is 0.348 e. The van der Waals surface area contributed by atoms with Crippen LogP contribution in [0.4, 0.5) is 0 Å². The van der Waals surface area contributed by atoms with Gasteiger partial charge in [-0.3, -0.25) is 0 Å². The Morgan fingerprint density at radius 2 is 1.25 bits per heavy atom. The molecule has 0 amide bonds. The van der Waals surface area contributed by atoms with Crippen molar-refractivity contribution in [2.24, 2.45) is 10.2 Å². The third-order valence-corrected chi connectivity index (χ3v) is 2.69. The molecule has 8 heteroatoms. The van der Waals surface area contributed by atoms with Gasteiger partial charge in [-0.15, -0.1) is 0 Å². The minimum absolute atomic E-state index is 0.115. The standard InChI is InChI=1S/C12H16N4O4/c1-3-5-11(7-13,9(17)18)15-16-12(8-14,6-4-2)10(19)20/h3-6H2,1-2H3,(H,17,18)(H,19,20)/b16-15+. The quantitative estimate of drug-likeness (QED) is 0.647. The lowest BCUT2D eigenvalue weighted by atomic mass is 9.95. The van der Waals surface area contributed by atoms with E-state index in [1.807, 2.05) is 0 Å². The van der Waals surface area contributed by atoms with Crippen molar-refractivity contribution in [1.29, 1.82) is 10.5 Å². The lowest BCUT2D eigenvalue weighted by molar-refractivity contribution is -0.143. The number of aliphatic carboxylic acids is 2. The van der Waals surface area contributed by atoms with Gasteiger partial charge in [0.25, 0.3) is 11.1 Å². The molecule has 2 N–H and O–H groups in total. The lowest BCUT2D eigenvalue weighted by Gasteiger charge is -2.19. The van der Waals surface area contributed by atoms with Gasteiger partial charge >= 0.3 is 11.9 Å². The van der Waals surface area contributed by atoms with Crippen molar-refractivity contribution in [1.82, 2.24) is 0 Å². The van der Waals surface area contributed by atoms with Crippen LogP contribution in [0, 0.1) is 22.7 Å². The van der Waals surface area contributed by atoms with E-state index in [1.165, 1.54) is 12.1 Å². The minimum atomic E-state index is -2.15.